The number of anilines is 1. The third-order valence-electron chi connectivity index (χ3n) is 5.55. The number of hydrogen-bond donors (Lipinski definition) is 1. The van der Waals surface area contributed by atoms with Crippen molar-refractivity contribution in [3.8, 4) is 0 Å². The van der Waals surface area contributed by atoms with Gasteiger partial charge in [0.25, 0.3) is 11.8 Å². The Morgan fingerprint density at radius 3 is 2.38 bits per heavy atom. The Hall–Kier alpha value is -2.42. The van der Waals surface area contributed by atoms with E-state index >= 15 is 0 Å². The van der Waals surface area contributed by atoms with Gasteiger partial charge >= 0.3 is 0 Å². The SMILES string of the molecule is CCN(CC)C(=O)c1cccc(NC(=O)c2cc(S(=O)(=O)N3CCCCC3)ccc2Cl)c1. The predicted octanol–water partition coefficient (Wildman–Crippen LogP) is 4.25. The monoisotopic (exact) mass is 477 g/mol. The van der Waals surface area contributed by atoms with Crippen LogP contribution in [-0.4, -0.2) is 55.6 Å². The van der Waals surface area contributed by atoms with Gasteiger partial charge in [0.05, 0.1) is 15.5 Å². The highest BCUT2D eigenvalue weighted by molar-refractivity contribution is 7.89. The quantitative estimate of drug-likeness (QED) is 0.645. The molecule has 1 heterocycles. The zero-order valence-corrected chi connectivity index (χ0v) is 19.9. The average molecular weight is 478 g/mol. The van der Waals surface area contributed by atoms with Crippen LogP contribution in [0.3, 0.4) is 0 Å². The first kappa shape index (κ1) is 24.2. The summed E-state index contributed by atoms with van der Waals surface area (Å²) in [5, 5.41) is 2.87. The molecule has 172 valence electrons. The van der Waals surface area contributed by atoms with Gasteiger partial charge < -0.3 is 10.2 Å². The van der Waals surface area contributed by atoms with Gasteiger partial charge in [0.15, 0.2) is 0 Å². The van der Waals surface area contributed by atoms with Crippen molar-refractivity contribution in [3.63, 3.8) is 0 Å². The van der Waals surface area contributed by atoms with Crippen molar-refractivity contribution >= 4 is 39.1 Å². The number of benzene rings is 2. The summed E-state index contributed by atoms with van der Waals surface area (Å²) in [5.74, 6) is -0.670. The van der Waals surface area contributed by atoms with E-state index in [1.54, 1.807) is 29.2 Å². The predicted molar refractivity (Wildman–Crippen MR) is 126 cm³/mol. The van der Waals surface area contributed by atoms with Crippen molar-refractivity contribution in [1.29, 1.82) is 0 Å². The van der Waals surface area contributed by atoms with Crippen LogP contribution in [0, 0.1) is 0 Å². The highest BCUT2D eigenvalue weighted by atomic mass is 35.5. The minimum Gasteiger partial charge on any atom is -0.339 e. The number of nitrogens with zero attached hydrogens (tertiary/aromatic N) is 2. The standard InChI is InChI=1S/C23H28ClN3O4S/c1-3-26(4-2)23(29)17-9-8-10-18(15-17)25-22(28)20-16-19(11-12-21(20)24)32(30,31)27-13-6-5-7-14-27/h8-12,15-16H,3-7,13-14H2,1-2H3,(H,25,28). The molecule has 2 aromatic carbocycles. The van der Waals surface area contributed by atoms with E-state index in [9.17, 15) is 18.0 Å². The number of nitrogens with one attached hydrogen (secondary N) is 1. The van der Waals surface area contributed by atoms with E-state index in [0.29, 0.717) is 37.4 Å². The summed E-state index contributed by atoms with van der Waals surface area (Å²) in [6.07, 6.45) is 2.65. The van der Waals surface area contributed by atoms with Gasteiger partial charge in [-0.2, -0.15) is 4.31 Å². The van der Waals surface area contributed by atoms with E-state index in [1.807, 2.05) is 13.8 Å². The second-order valence-electron chi connectivity index (χ2n) is 7.62. The molecule has 0 unspecified atom stereocenters. The van der Waals surface area contributed by atoms with Crippen LogP contribution in [0.15, 0.2) is 47.4 Å². The molecule has 1 N–H and O–H groups in total. The largest absolute Gasteiger partial charge is 0.339 e. The second kappa shape index (κ2) is 10.5. The van der Waals surface area contributed by atoms with Gasteiger partial charge in [-0.15, -0.1) is 0 Å². The zero-order valence-electron chi connectivity index (χ0n) is 18.3. The Morgan fingerprint density at radius 1 is 1.03 bits per heavy atom. The molecule has 3 rings (SSSR count). The third-order valence-corrected chi connectivity index (χ3v) is 7.78. The van der Waals surface area contributed by atoms with E-state index in [0.717, 1.165) is 19.3 Å². The molecule has 9 heteroatoms. The van der Waals surface area contributed by atoms with Gasteiger partial charge in [0.2, 0.25) is 10.0 Å². The van der Waals surface area contributed by atoms with Crippen molar-refractivity contribution in [3.05, 3.63) is 58.6 Å². The Morgan fingerprint density at radius 2 is 1.72 bits per heavy atom. The first-order valence-electron chi connectivity index (χ1n) is 10.8. The molecule has 0 atom stereocenters. The lowest BCUT2D eigenvalue weighted by Gasteiger charge is -2.26. The van der Waals surface area contributed by atoms with Crippen LogP contribution in [0.2, 0.25) is 5.02 Å². The minimum absolute atomic E-state index is 0.0411. The molecule has 0 spiro atoms. The number of hydrogen-bond acceptors (Lipinski definition) is 4. The summed E-state index contributed by atoms with van der Waals surface area (Å²) in [5.41, 5.74) is 0.942. The molecule has 32 heavy (non-hydrogen) atoms. The zero-order chi connectivity index (χ0) is 23.3. The molecule has 0 bridgehead atoms. The molecule has 0 saturated carbocycles. The number of piperidine rings is 1. The summed E-state index contributed by atoms with van der Waals surface area (Å²) in [7, 11) is -3.70. The first-order valence-corrected chi connectivity index (χ1v) is 12.6. The van der Waals surface area contributed by atoms with Crippen molar-refractivity contribution < 1.29 is 18.0 Å². The summed E-state index contributed by atoms with van der Waals surface area (Å²) in [4.78, 5) is 27.2. The summed E-state index contributed by atoms with van der Waals surface area (Å²) in [6, 6.07) is 10.8. The molecule has 2 aromatic rings. The van der Waals surface area contributed by atoms with Gasteiger partial charge in [-0.1, -0.05) is 24.1 Å². The fraction of sp³-hybridized carbons (Fsp3) is 0.391. The highest BCUT2D eigenvalue weighted by Crippen LogP contribution is 2.26. The Labute approximate surface area is 194 Å². The minimum atomic E-state index is -3.70. The van der Waals surface area contributed by atoms with Crippen LogP contribution in [0.25, 0.3) is 0 Å². The molecule has 1 fully saturated rings. The third kappa shape index (κ3) is 5.31. The summed E-state index contributed by atoms with van der Waals surface area (Å²) in [6.45, 7) is 5.92. The fourth-order valence-corrected chi connectivity index (χ4v) is 5.46. The van der Waals surface area contributed by atoms with Crippen LogP contribution in [0.1, 0.15) is 53.8 Å². The van der Waals surface area contributed by atoms with Crippen LogP contribution in [0.4, 0.5) is 5.69 Å². The lowest BCUT2D eigenvalue weighted by molar-refractivity contribution is 0.0772. The van der Waals surface area contributed by atoms with Crippen molar-refractivity contribution in [2.75, 3.05) is 31.5 Å². The molecule has 1 aliphatic heterocycles. The number of rotatable bonds is 7. The molecule has 0 radical (unpaired) electrons. The second-order valence-corrected chi connectivity index (χ2v) is 9.96. The fourth-order valence-electron chi connectivity index (χ4n) is 3.71. The number of halogens is 1. The van der Waals surface area contributed by atoms with Crippen molar-refractivity contribution in [2.24, 2.45) is 0 Å². The maximum Gasteiger partial charge on any atom is 0.257 e. The van der Waals surface area contributed by atoms with Crippen molar-refractivity contribution in [1.82, 2.24) is 9.21 Å². The van der Waals surface area contributed by atoms with E-state index in [-0.39, 0.29) is 21.4 Å². The Balaban J connectivity index is 1.84. The number of carbonyl (C=O) groups excluding carboxylic acids is 2. The molecule has 1 saturated heterocycles. The Bertz CT molecular complexity index is 1090. The first-order chi connectivity index (χ1) is 15.3. The summed E-state index contributed by atoms with van der Waals surface area (Å²) >= 11 is 6.22. The molecule has 0 aromatic heterocycles. The molecule has 7 nitrogen and oxygen atoms in total. The van der Waals surface area contributed by atoms with Gasteiger partial charge in [-0.3, -0.25) is 9.59 Å². The Kier molecular flexibility index (Phi) is 7.92. The molecule has 0 aliphatic carbocycles. The van der Waals surface area contributed by atoms with E-state index in [2.05, 4.69) is 5.32 Å². The van der Waals surface area contributed by atoms with Crippen LogP contribution < -0.4 is 5.32 Å². The number of carbonyl (C=O) groups is 2. The maximum atomic E-state index is 13.0. The van der Waals surface area contributed by atoms with Crippen LogP contribution in [0.5, 0.6) is 0 Å². The molecule has 1 aliphatic rings. The van der Waals surface area contributed by atoms with Crippen molar-refractivity contribution in [2.45, 2.75) is 38.0 Å². The lowest BCUT2D eigenvalue weighted by Crippen LogP contribution is -2.35. The average Bonchev–Trinajstić information content (AvgIpc) is 2.80. The molecule has 2 amide bonds. The smallest absolute Gasteiger partial charge is 0.257 e. The van der Waals surface area contributed by atoms with Gasteiger partial charge in [-0.25, -0.2) is 8.42 Å². The van der Waals surface area contributed by atoms with E-state index in [1.165, 1.54) is 22.5 Å². The number of amides is 2. The van der Waals surface area contributed by atoms with Gasteiger partial charge in [-0.05, 0) is 63.1 Å². The molecular formula is C23H28ClN3O4S. The van der Waals surface area contributed by atoms with E-state index in [4.69, 9.17) is 11.6 Å². The normalized spacial score (nSPS) is 14.7. The summed E-state index contributed by atoms with van der Waals surface area (Å²) < 4.78 is 27.4. The topological polar surface area (TPSA) is 86.8 Å². The van der Waals surface area contributed by atoms with Crippen LogP contribution >= 0.6 is 11.6 Å². The highest BCUT2D eigenvalue weighted by Gasteiger charge is 2.27. The maximum absolute atomic E-state index is 13.0. The van der Waals surface area contributed by atoms with Gasteiger partial charge in [0.1, 0.15) is 0 Å². The van der Waals surface area contributed by atoms with E-state index < -0.39 is 15.9 Å². The number of sulfonamides is 1. The van der Waals surface area contributed by atoms with Crippen LogP contribution in [-0.2, 0) is 10.0 Å². The molecular weight excluding hydrogens is 450 g/mol. The lowest BCUT2D eigenvalue weighted by atomic mass is 10.1. The van der Waals surface area contributed by atoms with Gasteiger partial charge in [0, 0.05) is 37.4 Å².